The third kappa shape index (κ3) is 4.80. The third-order valence-corrected chi connectivity index (χ3v) is 7.45. The van der Waals surface area contributed by atoms with E-state index < -0.39 is 35.7 Å². The highest BCUT2D eigenvalue weighted by Crippen LogP contribution is 2.47. The summed E-state index contributed by atoms with van der Waals surface area (Å²) >= 11 is 0. The lowest BCUT2D eigenvalue weighted by Gasteiger charge is -2.56. The number of hydrogen-bond donors (Lipinski definition) is 4. The van der Waals surface area contributed by atoms with Crippen molar-refractivity contribution in [3.05, 3.63) is 18.2 Å². The van der Waals surface area contributed by atoms with Crippen LogP contribution in [0.15, 0.2) is 18.2 Å². The van der Waals surface area contributed by atoms with E-state index in [2.05, 4.69) is 25.6 Å². The van der Waals surface area contributed by atoms with Gasteiger partial charge in [-0.1, -0.05) is 0 Å². The number of aldehydes is 1. The number of hydrogen-bond acceptors (Lipinski definition) is 9. The minimum Gasteiger partial charge on any atom is -0.481 e. The first-order chi connectivity index (χ1) is 16.6. The van der Waals surface area contributed by atoms with Gasteiger partial charge in [0.1, 0.15) is 5.75 Å². The SMILES string of the molecule is CC1CC(C(=O)NC23CCC(NCC(C=O)Oc4ccc5c(c4)OC(F)(F)O5)(CC2)[C@@H](O)C3)ON1. The molecule has 1 saturated heterocycles. The summed E-state index contributed by atoms with van der Waals surface area (Å²) in [5.41, 5.74) is 1.72. The van der Waals surface area contributed by atoms with Gasteiger partial charge in [0.2, 0.25) is 0 Å². The maximum absolute atomic E-state index is 13.2. The predicted molar refractivity (Wildman–Crippen MR) is 116 cm³/mol. The number of ether oxygens (including phenoxy) is 3. The number of aliphatic hydroxyl groups is 1. The normalized spacial score (nSPS) is 35.5. The van der Waals surface area contributed by atoms with Crippen LogP contribution in [-0.2, 0) is 14.4 Å². The van der Waals surface area contributed by atoms with Gasteiger partial charge in [0.05, 0.1) is 6.10 Å². The number of hydroxylamine groups is 1. The summed E-state index contributed by atoms with van der Waals surface area (Å²) in [7, 11) is 0. The topological polar surface area (TPSA) is 127 Å². The number of nitrogens with one attached hydrogen (secondary N) is 3. The van der Waals surface area contributed by atoms with Crippen molar-refractivity contribution in [1.29, 1.82) is 0 Å². The van der Waals surface area contributed by atoms with Gasteiger partial charge in [0.15, 0.2) is 30.0 Å². The molecule has 4 fully saturated rings. The minimum absolute atomic E-state index is 0.106. The Labute approximate surface area is 200 Å². The van der Waals surface area contributed by atoms with E-state index in [0.717, 1.165) is 0 Å². The van der Waals surface area contributed by atoms with Gasteiger partial charge in [0.25, 0.3) is 5.91 Å². The molecule has 10 nitrogen and oxygen atoms in total. The van der Waals surface area contributed by atoms with Gasteiger partial charge in [-0.15, -0.1) is 8.78 Å². The fraction of sp³-hybridized carbons (Fsp3) is 0.652. The lowest BCUT2D eigenvalue weighted by Crippen LogP contribution is -2.70. The van der Waals surface area contributed by atoms with Crippen molar-refractivity contribution in [2.24, 2.45) is 0 Å². The zero-order valence-corrected chi connectivity index (χ0v) is 19.2. The van der Waals surface area contributed by atoms with E-state index in [0.29, 0.717) is 44.8 Å². The second-order valence-electron chi connectivity index (χ2n) is 9.96. The van der Waals surface area contributed by atoms with Crippen molar-refractivity contribution in [2.45, 2.75) is 87.2 Å². The van der Waals surface area contributed by atoms with E-state index in [1.165, 1.54) is 18.2 Å². The largest absolute Gasteiger partial charge is 0.586 e. The Balaban J connectivity index is 1.16. The molecule has 6 rings (SSSR count). The molecular weight excluding hydrogens is 468 g/mol. The molecule has 4 atom stereocenters. The number of carbonyl (C=O) groups excluding carboxylic acids is 2. The average Bonchev–Trinajstić information content (AvgIpc) is 3.38. The molecule has 3 aliphatic carbocycles. The van der Waals surface area contributed by atoms with Crippen molar-refractivity contribution >= 4 is 12.2 Å². The molecule has 1 aromatic rings. The summed E-state index contributed by atoms with van der Waals surface area (Å²) in [4.78, 5) is 29.7. The first kappa shape index (κ1) is 24.2. The fourth-order valence-corrected chi connectivity index (χ4v) is 5.46. The summed E-state index contributed by atoms with van der Waals surface area (Å²) in [5.74, 6) is -0.290. The zero-order chi connectivity index (χ0) is 24.8. The number of benzene rings is 1. The van der Waals surface area contributed by atoms with Gasteiger partial charge in [-0.2, -0.15) is 5.48 Å². The molecule has 1 amide bonds. The molecule has 2 aliphatic heterocycles. The molecule has 3 saturated carbocycles. The molecule has 4 N–H and O–H groups in total. The molecule has 0 spiro atoms. The Morgan fingerprint density at radius 3 is 2.69 bits per heavy atom. The summed E-state index contributed by atoms with van der Waals surface area (Å²) in [6.45, 7) is 2.06. The number of halogens is 2. The molecular formula is C23H29F2N3O7. The highest BCUT2D eigenvalue weighted by molar-refractivity contribution is 5.82. The van der Waals surface area contributed by atoms with E-state index in [-0.39, 0.29) is 35.7 Å². The molecule has 2 heterocycles. The van der Waals surface area contributed by atoms with Gasteiger partial charge in [-0.3, -0.25) is 14.4 Å². The number of rotatable bonds is 8. The number of alkyl halides is 2. The summed E-state index contributed by atoms with van der Waals surface area (Å²) in [6.07, 6.45) is -1.75. The highest BCUT2D eigenvalue weighted by Gasteiger charge is 2.55. The first-order valence-corrected chi connectivity index (χ1v) is 11.8. The van der Waals surface area contributed by atoms with Crippen molar-refractivity contribution in [1.82, 2.24) is 16.1 Å². The Kier molecular flexibility index (Phi) is 6.10. The Bertz CT molecular complexity index is 986. The molecule has 2 bridgehead atoms. The molecule has 0 aromatic heterocycles. The molecule has 35 heavy (non-hydrogen) atoms. The molecule has 12 heteroatoms. The van der Waals surface area contributed by atoms with E-state index in [1.54, 1.807) is 0 Å². The molecule has 192 valence electrons. The smallest absolute Gasteiger partial charge is 0.481 e. The first-order valence-electron chi connectivity index (χ1n) is 11.8. The van der Waals surface area contributed by atoms with Crippen LogP contribution < -0.4 is 30.3 Å². The molecule has 1 aromatic carbocycles. The van der Waals surface area contributed by atoms with E-state index in [1.807, 2.05) is 6.92 Å². The highest BCUT2D eigenvalue weighted by atomic mass is 19.3. The molecule has 5 aliphatic rings. The maximum Gasteiger partial charge on any atom is 0.586 e. The number of amides is 1. The Morgan fingerprint density at radius 2 is 2.03 bits per heavy atom. The van der Waals surface area contributed by atoms with Gasteiger partial charge in [-0.25, -0.2) is 0 Å². The predicted octanol–water partition coefficient (Wildman–Crippen LogP) is 1.16. The van der Waals surface area contributed by atoms with Crippen molar-refractivity contribution in [3.8, 4) is 17.2 Å². The van der Waals surface area contributed by atoms with Crippen LogP contribution in [0.25, 0.3) is 0 Å². The van der Waals surface area contributed by atoms with Crippen molar-refractivity contribution in [2.75, 3.05) is 6.54 Å². The van der Waals surface area contributed by atoms with Crippen LogP contribution in [0.2, 0.25) is 0 Å². The number of carbonyl (C=O) groups is 2. The summed E-state index contributed by atoms with van der Waals surface area (Å²) in [5, 5.41) is 17.4. The van der Waals surface area contributed by atoms with Crippen LogP contribution in [0.5, 0.6) is 17.2 Å². The van der Waals surface area contributed by atoms with E-state index in [9.17, 15) is 23.5 Å². The zero-order valence-electron chi connectivity index (χ0n) is 19.2. The lowest BCUT2D eigenvalue weighted by atomic mass is 9.59. The summed E-state index contributed by atoms with van der Waals surface area (Å²) in [6, 6.07) is 4.04. The Morgan fingerprint density at radius 1 is 1.29 bits per heavy atom. The monoisotopic (exact) mass is 497 g/mol. The molecule has 3 unspecified atom stereocenters. The third-order valence-electron chi connectivity index (χ3n) is 7.45. The maximum atomic E-state index is 13.2. The van der Waals surface area contributed by atoms with Crippen LogP contribution >= 0.6 is 0 Å². The van der Waals surface area contributed by atoms with Gasteiger partial charge in [0, 0.05) is 36.2 Å². The second kappa shape index (κ2) is 8.84. The standard InChI is InChI=1S/C23H29F2N3O7/c1-13-8-18(35-28-13)20(31)27-21-4-6-22(7-5-21,19(30)10-21)26-11-15(12-29)32-14-2-3-16-17(9-14)34-23(24,25)33-16/h2-3,9,12-13,15,18-19,26,28,30H,4-8,10-11H2,1H3,(H,27,31)/t13?,15?,18?,19-,21?,22?/m0/s1. The molecule has 0 radical (unpaired) electrons. The number of aliphatic hydroxyl groups excluding tert-OH is 1. The summed E-state index contributed by atoms with van der Waals surface area (Å²) < 4.78 is 40.9. The lowest BCUT2D eigenvalue weighted by molar-refractivity contribution is -0.286. The van der Waals surface area contributed by atoms with Crippen LogP contribution in [0.3, 0.4) is 0 Å². The van der Waals surface area contributed by atoms with Gasteiger partial charge < -0.3 is 30.0 Å². The van der Waals surface area contributed by atoms with Crippen LogP contribution in [0.1, 0.15) is 45.4 Å². The van der Waals surface area contributed by atoms with Crippen LogP contribution in [-0.4, -0.2) is 65.6 Å². The van der Waals surface area contributed by atoms with Gasteiger partial charge in [-0.05, 0) is 51.2 Å². The van der Waals surface area contributed by atoms with E-state index in [4.69, 9.17) is 9.57 Å². The van der Waals surface area contributed by atoms with Crippen molar-refractivity contribution in [3.63, 3.8) is 0 Å². The minimum atomic E-state index is -3.74. The second-order valence-corrected chi connectivity index (χ2v) is 9.96. The van der Waals surface area contributed by atoms with Gasteiger partial charge >= 0.3 is 6.29 Å². The average molecular weight is 497 g/mol. The van der Waals surface area contributed by atoms with Crippen LogP contribution in [0.4, 0.5) is 8.78 Å². The fourth-order valence-electron chi connectivity index (χ4n) is 5.46. The quantitative estimate of drug-likeness (QED) is 0.391. The Hall–Kier alpha value is -2.54. The van der Waals surface area contributed by atoms with Crippen molar-refractivity contribution < 1.29 is 42.5 Å². The van der Waals surface area contributed by atoms with Crippen LogP contribution in [0, 0.1) is 0 Å². The van der Waals surface area contributed by atoms with E-state index >= 15 is 0 Å². The number of fused-ring (bicyclic) bond motifs is 4.